The summed E-state index contributed by atoms with van der Waals surface area (Å²) in [4.78, 5) is 25.3. The first-order chi connectivity index (χ1) is 13.1. The highest BCUT2D eigenvalue weighted by atomic mass is 35.5. The van der Waals surface area contributed by atoms with E-state index in [9.17, 15) is 9.59 Å². The van der Waals surface area contributed by atoms with Crippen molar-refractivity contribution in [3.8, 4) is 5.75 Å². The molecule has 1 aromatic carbocycles. The van der Waals surface area contributed by atoms with Crippen LogP contribution in [-0.4, -0.2) is 37.2 Å². The Morgan fingerprint density at radius 2 is 2.04 bits per heavy atom. The molecule has 0 radical (unpaired) electrons. The van der Waals surface area contributed by atoms with Gasteiger partial charge in [0.2, 0.25) is 0 Å². The molecule has 28 heavy (non-hydrogen) atoms. The van der Waals surface area contributed by atoms with E-state index in [1.165, 1.54) is 0 Å². The van der Waals surface area contributed by atoms with Crippen molar-refractivity contribution in [2.24, 2.45) is 5.92 Å². The molecule has 1 amide bonds. The lowest BCUT2D eigenvalue weighted by Gasteiger charge is -2.43. The molecule has 1 saturated heterocycles. The molecule has 0 saturated carbocycles. The first-order valence-electron chi connectivity index (χ1n) is 9.44. The molecule has 6 nitrogen and oxygen atoms in total. The minimum absolute atomic E-state index is 0. The number of carbonyl (C=O) groups excluding carboxylic acids is 1. The molecule has 2 bridgehead atoms. The normalized spacial score (nSPS) is 22.6. The summed E-state index contributed by atoms with van der Waals surface area (Å²) >= 11 is 0. The summed E-state index contributed by atoms with van der Waals surface area (Å²) in [6, 6.07) is 10.9. The zero-order valence-corrected chi connectivity index (χ0v) is 16.9. The van der Waals surface area contributed by atoms with Crippen LogP contribution in [0, 0.1) is 12.8 Å². The van der Waals surface area contributed by atoms with Gasteiger partial charge in [0.25, 0.3) is 11.5 Å². The highest BCUT2D eigenvalue weighted by molar-refractivity contribution is 5.96. The first-order valence-corrected chi connectivity index (χ1v) is 9.44. The molecule has 2 aromatic rings. The molecule has 0 aliphatic carbocycles. The van der Waals surface area contributed by atoms with Gasteiger partial charge in [-0.15, -0.1) is 12.4 Å². The van der Waals surface area contributed by atoms with Gasteiger partial charge < -0.3 is 19.9 Å². The highest BCUT2D eigenvalue weighted by Crippen LogP contribution is 2.38. The summed E-state index contributed by atoms with van der Waals surface area (Å²) in [5.41, 5.74) is 2.51. The molecule has 1 aromatic heterocycles. The van der Waals surface area contributed by atoms with Gasteiger partial charge in [-0.2, -0.15) is 0 Å². The molecular weight excluding hydrogens is 378 g/mol. The number of fused-ring (bicyclic) bond motifs is 4. The number of benzene rings is 1. The van der Waals surface area contributed by atoms with Crippen molar-refractivity contribution in [3.63, 3.8) is 0 Å². The van der Waals surface area contributed by atoms with Gasteiger partial charge >= 0.3 is 0 Å². The third-order valence-electron chi connectivity index (χ3n) is 5.92. The molecular formula is C21H26ClN3O3. The molecule has 2 aliphatic heterocycles. The van der Waals surface area contributed by atoms with Crippen LogP contribution in [0.3, 0.4) is 0 Å². The Kier molecular flexibility index (Phi) is 6.10. The Hall–Kier alpha value is -2.31. The van der Waals surface area contributed by atoms with Gasteiger partial charge in [0.05, 0.1) is 13.2 Å². The van der Waals surface area contributed by atoms with Gasteiger partial charge in [0.15, 0.2) is 0 Å². The second-order valence-corrected chi connectivity index (χ2v) is 7.42. The fourth-order valence-electron chi connectivity index (χ4n) is 4.54. The molecule has 150 valence electrons. The van der Waals surface area contributed by atoms with E-state index in [1.807, 2.05) is 35.8 Å². The lowest BCUT2D eigenvalue weighted by atomic mass is 9.79. The largest absolute Gasteiger partial charge is 0.496 e. The van der Waals surface area contributed by atoms with Crippen LogP contribution in [0.1, 0.15) is 40.0 Å². The number of methoxy groups -OCH3 is 1. The van der Waals surface area contributed by atoms with Gasteiger partial charge in [0, 0.05) is 48.4 Å². The third-order valence-corrected chi connectivity index (χ3v) is 5.92. The first kappa shape index (κ1) is 20.4. The van der Waals surface area contributed by atoms with E-state index in [-0.39, 0.29) is 29.9 Å². The van der Waals surface area contributed by atoms with Crippen LogP contribution >= 0.6 is 12.4 Å². The van der Waals surface area contributed by atoms with Crippen LogP contribution in [0.5, 0.6) is 5.75 Å². The van der Waals surface area contributed by atoms with Crippen LogP contribution < -0.4 is 20.9 Å². The molecule has 0 unspecified atom stereocenters. The fraction of sp³-hybridized carbons (Fsp3) is 0.429. The third kappa shape index (κ3) is 3.54. The molecule has 7 heteroatoms. The Morgan fingerprint density at radius 3 is 2.82 bits per heavy atom. The number of piperidine rings is 1. The summed E-state index contributed by atoms with van der Waals surface area (Å²) < 4.78 is 7.21. The van der Waals surface area contributed by atoms with Crippen molar-refractivity contribution < 1.29 is 9.53 Å². The number of pyridine rings is 1. The number of hydrogen-bond donors (Lipinski definition) is 2. The van der Waals surface area contributed by atoms with E-state index in [4.69, 9.17) is 4.74 Å². The summed E-state index contributed by atoms with van der Waals surface area (Å²) in [5, 5.41) is 6.53. The maximum absolute atomic E-state index is 12.8. The second-order valence-electron chi connectivity index (χ2n) is 7.42. The van der Waals surface area contributed by atoms with Crippen LogP contribution in [-0.2, 0) is 0 Å². The number of hydrogen-bond acceptors (Lipinski definition) is 4. The molecule has 2 aliphatic rings. The van der Waals surface area contributed by atoms with Crippen molar-refractivity contribution in [1.29, 1.82) is 0 Å². The van der Waals surface area contributed by atoms with Gasteiger partial charge in [0.1, 0.15) is 5.75 Å². The fourth-order valence-corrected chi connectivity index (χ4v) is 4.54. The average Bonchev–Trinajstić information content (AvgIpc) is 2.68. The van der Waals surface area contributed by atoms with Crippen molar-refractivity contribution in [3.05, 3.63) is 63.6 Å². The number of carbonyl (C=O) groups is 1. The molecule has 0 spiro atoms. The van der Waals surface area contributed by atoms with E-state index < -0.39 is 0 Å². The average molecular weight is 404 g/mol. The van der Waals surface area contributed by atoms with Gasteiger partial charge in [-0.1, -0.05) is 12.1 Å². The van der Waals surface area contributed by atoms with Crippen LogP contribution in [0.25, 0.3) is 0 Å². The Balaban J connectivity index is 0.00000225. The van der Waals surface area contributed by atoms with Gasteiger partial charge in [-0.25, -0.2) is 0 Å². The number of aromatic nitrogens is 1. The van der Waals surface area contributed by atoms with Gasteiger partial charge in [-0.3, -0.25) is 9.59 Å². The number of amides is 1. The summed E-state index contributed by atoms with van der Waals surface area (Å²) in [6.45, 7) is 4.09. The summed E-state index contributed by atoms with van der Waals surface area (Å²) in [7, 11) is 1.60. The quantitative estimate of drug-likeness (QED) is 0.821. The summed E-state index contributed by atoms with van der Waals surface area (Å²) in [5.74, 6) is 1.26. The standard InChI is InChI=1S/C21H25N3O3.ClH/c1-13-16(5-3-7-19(13)27-2)21(26)23-12-18-15-9-14(10-22-11-15)17-6-4-8-20(25)24(17)18;/h3-8,14-15,18,22H,9-12H2,1-2H3,(H,23,26);1H/t14-,15+,18+;/m1./s1. The molecule has 3 heterocycles. The van der Waals surface area contributed by atoms with Crippen molar-refractivity contribution in [2.75, 3.05) is 26.7 Å². The number of nitrogens with zero attached hydrogens (tertiary/aromatic N) is 1. The molecule has 2 N–H and O–H groups in total. The zero-order valence-electron chi connectivity index (χ0n) is 16.1. The summed E-state index contributed by atoms with van der Waals surface area (Å²) in [6.07, 6.45) is 1.05. The maximum Gasteiger partial charge on any atom is 0.251 e. The number of rotatable bonds is 4. The molecule has 4 rings (SSSR count). The molecule has 3 atom stereocenters. The van der Waals surface area contributed by atoms with Crippen LogP contribution in [0.2, 0.25) is 0 Å². The predicted molar refractivity (Wildman–Crippen MR) is 111 cm³/mol. The lowest BCUT2D eigenvalue weighted by Crippen LogP contribution is -2.50. The Bertz CT molecular complexity index is 927. The van der Waals surface area contributed by atoms with Crippen molar-refractivity contribution >= 4 is 18.3 Å². The van der Waals surface area contributed by atoms with E-state index in [0.717, 1.165) is 30.8 Å². The number of ether oxygens (including phenoxy) is 1. The molecule has 1 fully saturated rings. The lowest BCUT2D eigenvalue weighted by molar-refractivity contribution is 0.0931. The van der Waals surface area contributed by atoms with Crippen molar-refractivity contribution in [2.45, 2.75) is 25.3 Å². The minimum Gasteiger partial charge on any atom is -0.496 e. The smallest absolute Gasteiger partial charge is 0.251 e. The van der Waals surface area contributed by atoms with E-state index in [2.05, 4.69) is 10.6 Å². The predicted octanol–water partition coefficient (Wildman–Crippen LogP) is 2.26. The SMILES string of the molecule is COc1cccc(C(=O)NC[C@H]2[C@@H]3CNC[C@@H](C3)c3cccc(=O)n32)c1C.Cl. The van der Waals surface area contributed by atoms with Crippen LogP contribution in [0.4, 0.5) is 0 Å². The van der Waals surface area contributed by atoms with Gasteiger partial charge in [-0.05, 0) is 37.5 Å². The maximum atomic E-state index is 12.8. The number of halogens is 1. The Labute approximate surface area is 170 Å². The highest BCUT2D eigenvalue weighted by Gasteiger charge is 2.37. The monoisotopic (exact) mass is 403 g/mol. The second kappa shape index (κ2) is 8.37. The van der Waals surface area contributed by atoms with Crippen LogP contribution in [0.15, 0.2) is 41.2 Å². The van der Waals surface area contributed by atoms with E-state index in [1.54, 1.807) is 19.2 Å². The van der Waals surface area contributed by atoms with Crippen molar-refractivity contribution in [1.82, 2.24) is 15.2 Å². The zero-order chi connectivity index (χ0) is 19.0. The van der Waals surface area contributed by atoms with E-state index >= 15 is 0 Å². The topological polar surface area (TPSA) is 72.4 Å². The number of nitrogens with one attached hydrogen (secondary N) is 2. The Morgan fingerprint density at radius 1 is 1.25 bits per heavy atom. The minimum atomic E-state index is -0.136. The van der Waals surface area contributed by atoms with E-state index in [0.29, 0.717) is 29.7 Å².